The van der Waals surface area contributed by atoms with Gasteiger partial charge in [-0.25, -0.2) is 0 Å². The minimum absolute atomic E-state index is 0.404. The van der Waals surface area contributed by atoms with Gasteiger partial charge in [0, 0.05) is 11.8 Å². The van der Waals surface area contributed by atoms with Gasteiger partial charge in [0.2, 0.25) is 0 Å². The molecule has 0 spiro atoms. The first-order valence-corrected chi connectivity index (χ1v) is 16.6. The molecule has 0 unspecified atom stereocenters. The van der Waals surface area contributed by atoms with Crippen LogP contribution < -0.4 is 10.6 Å². The number of hydrogen-bond acceptors (Lipinski definition) is 3. The molecule has 1 fully saturated rings. The number of rotatable bonds is 5. The van der Waals surface area contributed by atoms with Crippen molar-refractivity contribution < 1.29 is 9.31 Å². The third-order valence-electron chi connectivity index (χ3n) is 7.68. The maximum Gasteiger partial charge on any atom is 0.494 e. The molecule has 0 amide bonds. The van der Waals surface area contributed by atoms with E-state index in [9.17, 15) is 0 Å². The van der Waals surface area contributed by atoms with Crippen molar-refractivity contribution in [2.24, 2.45) is 0 Å². The molecule has 0 radical (unpaired) electrons. The van der Waals surface area contributed by atoms with Crippen molar-refractivity contribution in [3.05, 3.63) is 91.1 Å². The van der Waals surface area contributed by atoms with Crippen molar-refractivity contribution in [1.29, 1.82) is 0 Å². The molecular formula is C32H36BNO2Si. The van der Waals surface area contributed by atoms with Crippen molar-refractivity contribution in [3.8, 4) is 33.5 Å². The van der Waals surface area contributed by atoms with Gasteiger partial charge < -0.3 is 9.31 Å². The van der Waals surface area contributed by atoms with Crippen molar-refractivity contribution >= 4 is 25.8 Å². The number of pyridine rings is 1. The lowest BCUT2D eigenvalue weighted by Gasteiger charge is -2.32. The summed E-state index contributed by atoms with van der Waals surface area (Å²) in [6.45, 7) is 15.5. The Bertz CT molecular complexity index is 1400. The largest absolute Gasteiger partial charge is 0.494 e. The summed E-state index contributed by atoms with van der Waals surface area (Å²) in [5.41, 5.74) is 7.00. The first-order valence-electron chi connectivity index (χ1n) is 13.1. The predicted molar refractivity (Wildman–Crippen MR) is 159 cm³/mol. The average molecular weight is 506 g/mol. The minimum Gasteiger partial charge on any atom is -0.399 e. The zero-order valence-corrected chi connectivity index (χ0v) is 24.0. The number of aromatic nitrogens is 1. The Hall–Kier alpha value is -2.99. The normalized spacial score (nSPS) is 16.7. The monoisotopic (exact) mass is 505 g/mol. The van der Waals surface area contributed by atoms with Crippen LogP contribution in [0, 0.1) is 0 Å². The molecule has 0 N–H and O–H groups in total. The summed E-state index contributed by atoms with van der Waals surface area (Å²) < 4.78 is 12.9. The molecule has 5 rings (SSSR count). The summed E-state index contributed by atoms with van der Waals surface area (Å²) in [6, 6.07) is 30.0. The van der Waals surface area contributed by atoms with Crippen LogP contribution in [0.1, 0.15) is 27.7 Å². The van der Waals surface area contributed by atoms with Crippen LogP contribution >= 0.6 is 0 Å². The van der Waals surface area contributed by atoms with Gasteiger partial charge in [-0.3, -0.25) is 4.98 Å². The van der Waals surface area contributed by atoms with Gasteiger partial charge in [0.1, 0.15) is 0 Å². The van der Waals surface area contributed by atoms with Crippen LogP contribution in [0.2, 0.25) is 19.6 Å². The van der Waals surface area contributed by atoms with Gasteiger partial charge in [-0.1, -0.05) is 92.4 Å². The van der Waals surface area contributed by atoms with Crippen LogP contribution in [-0.2, 0) is 9.31 Å². The van der Waals surface area contributed by atoms with Crippen LogP contribution in [-0.4, -0.2) is 31.4 Å². The molecule has 0 saturated carbocycles. The second-order valence-corrected chi connectivity index (χ2v) is 17.1. The maximum absolute atomic E-state index is 6.45. The number of nitrogens with zero attached hydrogens (tertiary/aromatic N) is 1. The van der Waals surface area contributed by atoms with Crippen LogP contribution in [0.5, 0.6) is 0 Å². The molecule has 1 aliphatic heterocycles. The van der Waals surface area contributed by atoms with E-state index in [0.717, 1.165) is 27.8 Å². The Balaban J connectivity index is 1.68. The van der Waals surface area contributed by atoms with Crippen molar-refractivity contribution in [2.75, 3.05) is 0 Å². The summed E-state index contributed by atoms with van der Waals surface area (Å²) >= 11 is 0. The van der Waals surface area contributed by atoms with Gasteiger partial charge >= 0.3 is 7.12 Å². The van der Waals surface area contributed by atoms with E-state index in [2.05, 4.69) is 132 Å². The Kier molecular flexibility index (Phi) is 6.51. The highest BCUT2D eigenvalue weighted by molar-refractivity contribution is 6.89. The molecule has 37 heavy (non-hydrogen) atoms. The minimum atomic E-state index is -1.61. The summed E-state index contributed by atoms with van der Waals surface area (Å²) in [4.78, 5) is 5.01. The fourth-order valence-electron chi connectivity index (χ4n) is 4.78. The molecule has 0 aliphatic carbocycles. The van der Waals surface area contributed by atoms with E-state index < -0.39 is 26.4 Å². The molecule has 4 aromatic rings. The SMILES string of the molecule is CC1(C)OB(c2cc(-c3ccccc3)cc(-c3cc(-c4ccccc4)c([Si](C)(C)C)cn3)c2)OC1(C)C. The van der Waals surface area contributed by atoms with E-state index in [1.165, 1.54) is 16.3 Å². The molecular weight excluding hydrogens is 469 g/mol. The van der Waals surface area contributed by atoms with E-state index in [4.69, 9.17) is 14.3 Å². The fraction of sp³-hybridized carbons (Fsp3) is 0.281. The Labute approximate surface area is 223 Å². The Morgan fingerprint density at radius 3 is 1.76 bits per heavy atom. The summed E-state index contributed by atoms with van der Waals surface area (Å²) in [7, 11) is -2.06. The van der Waals surface area contributed by atoms with E-state index in [0.29, 0.717) is 0 Å². The molecule has 188 valence electrons. The van der Waals surface area contributed by atoms with E-state index in [1.807, 2.05) is 6.07 Å². The third kappa shape index (κ3) is 5.09. The van der Waals surface area contributed by atoms with E-state index >= 15 is 0 Å². The molecule has 3 nitrogen and oxygen atoms in total. The summed E-state index contributed by atoms with van der Waals surface area (Å²) in [6.07, 6.45) is 2.10. The molecule has 5 heteroatoms. The van der Waals surface area contributed by atoms with Crippen molar-refractivity contribution in [2.45, 2.75) is 58.5 Å². The van der Waals surface area contributed by atoms with Crippen LogP contribution in [0.4, 0.5) is 0 Å². The molecule has 0 atom stereocenters. The van der Waals surface area contributed by atoms with Gasteiger partial charge in [-0.05, 0) is 72.7 Å². The molecule has 1 aliphatic rings. The summed E-state index contributed by atoms with van der Waals surface area (Å²) in [5, 5.41) is 1.37. The highest BCUT2D eigenvalue weighted by Crippen LogP contribution is 2.37. The second kappa shape index (κ2) is 9.39. The standard InChI is InChI=1S/C32H36BNO2Si/c1-31(2)32(3,4)36-33(35-31)27-19-25(23-14-10-8-11-15-23)18-26(20-27)29-21-28(24-16-12-9-13-17-24)30(22-34-29)37(5,6)7/h8-22H,1-7H3. The lowest BCUT2D eigenvalue weighted by atomic mass is 9.76. The molecule has 3 aromatic carbocycles. The van der Waals surface area contributed by atoms with Crippen molar-refractivity contribution in [3.63, 3.8) is 0 Å². The Morgan fingerprint density at radius 2 is 1.19 bits per heavy atom. The van der Waals surface area contributed by atoms with Gasteiger partial charge in [0.05, 0.1) is 25.0 Å². The van der Waals surface area contributed by atoms with E-state index in [1.54, 1.807) is 0 Å². The maximum atomic E-state index is 6.45. The fourth-order valence-corrected chi connectivity index (χ4v) is 6.26. The molecule has 1 saturated heterocycles. The van der Waals surface area contributed by atoms with Gasteiger partial charge in [0.15, 0.2) is 0 Å². The van der Waals surface area contributed by atoms with Crippen LogP contribution in [0.3, 0.4) is 0 Å². The van der Waals surface area contributed by atoms with Gasteiger partial charge in [-0.2, -0.15) is 0 Å². The third-order valence-corrected chi connectivity index (χ3v) is 9.69. The second-order valence-electron chi connectivity index (χ2n) is 12.0. The highest BCUT2D eigenvalue weighted by Gasteiger charge is 2.51. The van der Waals surface area contributed by atoms with Gasteiger partial charge in [-0.15, -0.1) is 0 Å². The van der Waals surface area contributed by atoms with Crippen LogP contribution in [0.15, 0.2) is 91.1 Å². The Morgan fingerprint density at radius 1 is 0.649 bits per heavy atom. The lowest BCUT2D eigenvalue weighted by molar-refractivity contribution is 0.00578. The zero-order valence-electron chi connectivity index (χ0n) is 23.0. The number of benzene rings is 3. The summed E-state index contributed by atoms with van der Waals surface area (Å²) in [5.74, 6) is 0. The highest BCUT2D eigenvalue weighted by atomic mass is 28.3. The van der Waals surface area contributed by atoms with Gasteiger partial charge in [0.25, 0.3) is 0 Å². The molecule has 1 aromatic heterocycles. The predicted octanol–water partition coefficient (Wildman–Crippen LogP) is 6.93. The number of hydrogen-bond donors (Lipinski definition) is 0. The first kappa shape index (κ1) is 25.7. The first-order chi connectivity index (χ1) is 17.4. The van der Waals surface area contributed by atoms with E-state index in [-0.39, 0.29) is 0 Å². The molecule has 2 heterocycles. The topological polar surface area (TPSA) is 31.4 Å². The molecule has 0 bridgehead atoms. The smallest absolute Gasteiger partial charge is 0.399 e. The average Bonchev–Trinajstić information content (AvgIpc) is 3.10. The van der Waals surface area contributed by atoms with Crippen molar-refractivity contribution in [1.82, 2.24) is 4.98 Å². The zero-order chi connectivity index (χ0) is 26.4. The quantitative estimate of drug-likeness (QED) is 0.276. The van der Waals surface area contributed by atoms with Crippen LogP contribution in [0.25, 0.3) is 33.5 Å². The lowest BCUT2D eigenvalue weighted by Crippen LogP contribution is -2.41.